The standard InChI is InChI=1S/C23H24ClN3OS/c1-14(2)13-27-22(21(26-23(27)29)18-6-4-5-11-25-18)20-10-9-19(28-20)16-8-7-15(3)17(24)12-16/h4-12,14,21-22H,13H2,1-3H3,(H,26,29)/t21-,22-/m1/s1. The smallest absolute Gasteiger partial charge is 0.170 e. The lowest BCUT2D eigenvalue weighted by Crippen LogP contribution is -2.32. The highest BCUT2D eigenvalue weighted by molar-refractivity contribution is 7.80. The third kappa shape index (κ3) is 4.02. The lowest BCUT2D eigenvalue weighted by molar-refractivity contribution is 0.253. The molecule has 6 heteroatoms. The Kier molecular flexibility index (Phi) is 5.61. The molecule has 1 aromatic carbocycles. The fourth-order valence-electron chi connectivity index (χ4n) is 3.72. The minimum absolute atomic E-state index is 0.0607. The molecule has 4 nitrogen and oxygen atoms in total. The van der Waals surface area contributed by atoms with Gasteiger partial charge >= 0.3 is 0 Å². The van der Waals surface area contributed by atoms with Gasteiger partial charge in [0.15, 0.2) is 5.11 Å². The Hall–Kier alpha value is -2.37. The van der Waals surface area contributed by atoms with Crippen molar-refractivity contribution in [1.29, 1.82) is 0 Å². The number of aromatic nitrogens is 1. The molecule has 29 heavy (non-hydrogen) atoms. The van der Waals surface area contributed by atoms with Gasteiger partial charge in [-0.2, -0.15) is 0 Å². The molecule has 3 heterocycles. The normalized spacial score (nSPS) is 19.1. The van der Waals surface area contributed by atoms with E-state index in [2.05, 4.69) is 29.0 Å². The number of pyridine rings is 1. The highest BCUT2D eigenvalue weighted by atomic mass is 35.5. The fraction of sp³-hybridized carbons (Fsp3) is 0.304. The molecule has 0 bridgehead atoms. The summed E-state index contributed by atoms with van der Waals surface area (Å²) in [6, 6.07) is 15.8. The summed E-state index contributed by atoms with van der Waals surface area (Å²) in [5.41, 5.74) is 2.96. The van der Waals surface area contributed by atoms with Gasteiger partial charge in [0.05, 0.1) is 11.7 Å². The minimum Gasteiger partial charge on any atom is -0.459 e. The minimum atomic E-state index is -0.0666. The third-order valence-corrected chi connectivity index (χ3v) is 5.89. The molecule has 4 rings (SSSR count). The van der Waals surface area contributed by atoms with Crippen LogP contribution in [0.3, 0.4) is 0 Å². The second-order valence-corrected chi connectivity index (χ2v) is 8.63. The average Bonchev–Trinajstić information content (AvgIpc) is 3.30. The Bertz CT molecular complexity index is 1020. The van der Waals surface area contributed by atoms with E-state index in [0.29, 0.717) is 5.92 Å². The van der Waals surface area contributed by atoms with Crippen LogP contribution in [0.4, 0.5) is 0 Å². The van der Waals surface area contributed by atoms with Gasteiger partial charge in [0.25, 0.3) is 0 Å². The first-order valence-electron chi connectivity index (χ1n) is 9.78. The Morgan fingerprint density at radius 3 is 2.72 bits per heavy atom. The van der Waals surface area contributed by atoms with Gasteiger partial charge in [0.2, 0.25) is 0 Å². The summed E-state index contributed by atoms with van der Waals surface area (Å²) in [6.45, 7) is 7.21. The summed E-state index contributed by atoms with van der Waals surface area (Å²) in [7, 11) is 0. The predicted octanol–water partition coefficient (Wildman–Crippen LogP) is 5.93. The monoisotopic (exact) mass is 425 g/mol. The Labute approximate surface area is 181 Å². The molecule has 3 aromatic rings. The summed E-state index contributed by atoms with van der Waals surface area (Å²) < 4.78 is 6.33. The van der Waals surface area contributed by atoms with Crippen molar-refractivity contribution >= 4 is 28.9 Å². The van der Waals surface area contributed by atoms with Crippen molar-refractivity contribution in [2.24, 2.45) is 5.92 Å². The molecule has 0 saturated carbocycles. The van der Waals surface area contributed by atoms with Crippen LogP contribution in [0.1, 0.15) is 42.9 Å². The lowest BCUT2D eigenvalue weighted by atomic mass is 10.0. The summed E-state index contributed by atoms with van der Waals surface area (Å²) in [5.74, 6) is 2.12. The average molecular weight is 426 g/mol. The fourth-order valence-corrected chi connectivity index (χ4v) is 4.21. The molecule has 2 atom stereocenters. The quantitative estimate of drug-likeness (QED) is 0.513. The summed E-state index contributed by atoms with van der Waals surface area (Å²) >= 11 is 12.0. The first-order chi connectivity index (χ1) is 13.9. The molecule has 1 N–H and O–H groups in total. The number of hydrogen-bond donors (Lipinski definition) is 1. The highest BCUT2D eigenvalue weighted by Crippen LogP contribution is 2.41. The van der Waals surface area contributed by atoms with E-state index in [1.165, 1.54) is 0 Å². The van der Waals surface area contributed by atoms with Crippen LogP contribution in [0.5, 0.6) is 0 Å². The van der Waals surface area contributed by atoms with Crippen molar-refractivity contribution in [2.75, 3.05) is 6.54 Å². The molecule has 0 radical (unpaired) electrons. The van der Waals surface area contributed by atoms with Crippen LogP contribution in [0.2, 0.25) is 5.02 Å². The number of halogens is 1. The van der Waals surface area contributed by atoms with Crippen LogP contribution in [0.25, 0.3) is 11.3 Å². The molecular formula is C23H24ClN3OS. The number of nitrogens with one attached hydrogen (secondary N) is 1. The largest absolute Gasteiger partial charge is 0.459 e. The predicted molar refractivity (Wildman–Crippen MR) is 121 cm³/mol. The van der Waals surface area contributed by atoms with Crippen molar-refractivity contribution in [3.05, 3.63) is 76.8 Å². The molecular weight excluding hydrogens is 402 g/mol. The number of hydrogen-bond acceptors (Lipinski definition) is 3. The van der Waals surface area contributed by atoms with Gasteiger partial charge in [-0.25, -0.2) is 0 Å². The molecule has 0 amide bonds. The zero-order valence-electron chi connectivity index (χ0n) is 16.7. The van der Waals surface area contributed by atoms with Crippen LogP contribution >= 0.6 is 23.8 Å². The molecule has 150 valence electrons. The summed E-state index contributed by atoms with van der Waals surface area (Å²) in [6.07, 6.45) is 1.81. The van der Waals surface area contributed by atoms with Crippen LogP contribution in [0.15, 0.2) is 59.1 Å². The molecule has 0 spiro atoms. The molecule has 2 aromatic heterocycles. The van der Waals surface area contributed by atoms with Crippen molar-refractivity contribution in [3.8, 4) is 11.3 Å². The van der Waals surface area contributed by atoms with Gasteiger partial charge in [-0.3, -0.25) is 4.98 Å². The lowest BCUT2D eigenvalue weighted by Gasteiger charge is -2.27. The molecule has 1 fully saturated rings. The van der Waals surface area contributed by atoms with Crippen molar-refractivity contribution in [1.82, 2.24) is 15.2 Å². The Balaban J connectivity index is 1.73. The second-order valence-electron chi connectivity index (χ2n) is 7.84. The summed E-state index contributed by atoms with van der Waals surface area (Å²) in [4.78, 5) is 6.78. The maximum atomic E-state index is 6.33. The first kappa shape index (κ1) is 19.9. The zero-order chi connectivity index (χ0) is 20.5. The number of furan rings is 1. The van der Waals surface area contributed by atoms with Crippen LogP contribution in [0, 0.1) is 12.8 Å². The Morgan fingerprint density at radius 1 is 1.21 bits per heavy atom. The maximum absolute atomic E-state index is 6.33. The number of benzene rings is 1. The Morgan fingerprint density at radius 2 is 2.03 bits per heavy atom. The zero-order valence-corrected chi connectivity index (χ0v) is 18.3. The van der Waals surface area contributed by atoms with Crippen molar-refractivity contribution in [3.63, 3.8) is 0 Å². The maximum Gasteiger partial charge on any atom is 0.170 e. The highest BCUT2D eigenvalue weighted by Gasteiger charge is 2.41. The molecule has 1 aliphatic heterocycles. The van der Waals surface area contributed by atoms with E-state index in [0.717, 1.165) is 45.0 Å². The van der Waals surface area contributed by atoms with Gasteiger partial charge in [0, 0.05) is 23.3 Å². The van der Waals surface area contributed by atoms with E-state index in [1.54, 1.807) is 0 Å². The van der Waals surface area contributed by atoms with Crippen molar-refractivity contribution < 1.29 is 4.42 Å². The second kappa shape index (κ2) is 8.17. The van der Waals surface area contributed by atoms with E-state index in [1.807, 2.05) is 61.7 Å². The van der Waals surface area contributed by atoms with E-state index in [-0.39, 0.29) is 12.1 Å². The number of aryl methyl sites for hydroxylation is 1. The van der Waals surface area contributed by atoms with E-state index >= 15 is 0 Å². The van der Waals surface area contributed by atoms with Crippen LogP contribution in [-0.2, 0) is 0 Å². The number of nitrogens with zero attached hydrogens (tertiary/aromatic N) is 2. The van der Waals surface area contributed by atoms with Gasteiger partial charge < -0.3 is 14.6 Å². The van der Waals surface area contributed by atoms with Gasteiger partial charge in [0.1, 0.15) is 17.6 Å². The molecule has 1 aliphatic rings. The summed E-state index contributed by atoms with van der Waals surface area (Å²) in [5, 5.41) is 4.92. The van der Waals surface area contributed by atoms with Gasteiger partial charge in [-0.05, 0) is 61.0 Å². The van der Waals surface area contributed by atoms with E-state index in [9.17, 15) is 0 Å². The van der Waals surface area contributed by atoms with Crippen LogP contribution < -0.4 is 5.32 Å². The van der Waals surface area contributed by atoms with Gasteiger partial charge in [-0.15, -0.1) is 0 Å². The number of rotatable bonds is 5. The molecule has 1 saturated heterocycles. The van der Waals surface area contributed by atoms with Crippen molar-refractivity contribution in [2.45, 2.75) is 32.9 Å². The first-order valence-corrected chi connectivity index (χ1v) is 10.6. The van der Waals surface area contributed by atoms with Gasteiger partial charge in [-0.1, -0.05) is 43.6 Å². The van der Waals surface area contributed by atoms with E-state index < -0.39 is 0 Å². The number of thiocarbonyl (C=S) groups is 1. The third-order valence-electron chi connectivity index (χ3n) is 5.13. The molecule has 0 aliphatic carbocycles. The SMILES string of the molecule is Cc1ccc(-c2ccc([C@@H]3[C@@H](c4ccccn4)NC(=S)N3CC(C)C)o2)cc1Cl. The topological polar surface area (TPSA) is 41.3 Å². The van der Waals surface area contributed by atoms with E-state index in [4.69, 9.17) is 28.2 Å². The molecule has 0 unspecified atom stereocenters. The van der Waals surface area contributed by atoms with Crippen LogP contribution in [-0.4, -0.2) is 21.5 Å².